The maximum absolute atomic E-state index is 12.5. The van der Waals surface area contributed by atoms with Crippen LogP contribution in [-0.4, -0.2) is 28.0 Å². The molecule has 2 aliphatic heterocycles. The molecule has 1 N–H and O–H groups in total. The molecule has 3 aromatic rings. The summed E-state index contributed by atoms with van der Waals surface area (Å²) in [5, 5.41) is 3.99. The predicted molar refractivity (Wildman–Crippen MR) is 109 cm³/mol. The van der Waals surface area contributed by atoms with Gasteiger partial charge in [-0.05, 0) is 29.8 Å². The molecule has 0 fully saturated rings. The monoisotopic (exact) mass is 391 g/mol. The lowest BCUT2D eigenvalue weighted by molar-refractivity contribution is -0.111. The van der Waals surface area contributed by atoms with Gasteiger partial charge in [-0.25, -0.2) is 4.98 Å². The van der Waals surface area contributed by atoms with Crippen molar-refractivity contribution in [3.8, 4) is 22.8 Å². The van der Waals surface area contributed by atoms with Gasteiger partial charge in [-0.3, -0.25) is 4.79 Å². The van der Waals surface area contributed by atoms with Gasteiger partial charge in [-0.15, -0.1) is 0 Å². The molecule has 0 atom stereocenters. The second kappa shape index (κ2) is 7.09. The Hall–Kier alpha value is -3.19. The highest BCUT2D eigenvalue weighted by Gasteiger charge is 2.17. The minimum absolute atomic E-state index is 0.203. The van der Waals surface area contributed by atoms with E-state index in [1.165, 1.54) is 6.08 Å². The molecular formula is C21H17N3O3S. The number of carbonyl (C=O) groups is 1. The van der Waals surface area contributed by atoms with E-state index in [9.17, 15) is 4.79 Å². The number of anilines is 1. The molecule has 0 spiro atoms. The third-order valence-corrected chi connectivity index (χ3v) is 5.56. The van der Waals surface area contributed by atoms with E-state index in [1.807, 2.05) is 48.7 Å². The van der Waals surface area contributed by atoms with Gasteiger partial charge < -0.3 is 19.4 Å². The summed E-state index contributed by atoms with van der Waals surface area (Å²) >= 11 is 1.75. The summed E-state index contributed by atoms with van der Waals surface area (Å²) in [4.78, 5) is 17.1. The second-order valence-electron chi connectivity index (χ2n) is 6.43. The van der Waals surface area contributed by atoms with Crippen LogP contribution in [0, 0.1) is 0 Å². The number of carbonyl (C=O) groups excluding carboxylic acids is 1. The zero-order valence-corrected chi connectivity index (χ0v) is 15.7. The molecule has 140 valence electrons. The average Bonchev–Trinajstić information content (AvgIpc) is 3.42. The van der Waals surface area contributed by atoms with E-state index in [0.29, 0.717) is 5.75 Å². The van der Waals surface area contributed by atoms with Gasteiger partial charge in [-0.1, -0.05) is 36.0 Å². The molecule has 0 unspecified atom stereocenters. The van der Waals surface area contributed by atoms with Crippen LogP contribution in [-0.2, 0) is 11.3 Å². The summed E-state index contributed by atoms with van der Waals surface area (Å²) in [6.07, 6.45) is 5.31. The normalized spacial score (nSPS) is 14.4. The summed E-state index contributed by atoms with van der Waals surface area (Å²) in [6.45, 7) is 1.20. The zero-order valence-electron chi connectivity index (χ0n) is 14.9. The number of benzene rings is 2. The summed E-state index contributed by atoms with van der Waals surface area (Å²) in [7, 11) is 0. The number of para-hydroxylation sites is 1. The summed E-state index contributed by atoms with van der Waals surface area (Å²) in [6, 6.07) is 13.3. The fraction of sp³-hybridized carbons (Fsp3) is 0.143. The van der Waals surface area contributed by atoms with Crippen molar-refractivity contribution in [3.63, 3.8) is 0 Å². The number of hydrogen-bond acceptors (Lipinski definition) is 5. The van der Waals surface area contributed by atoms with Crippen LogP contribution in [0.1, 0.15) is 5.56 Å². The van der Waals surface area contributed by atoms with Gasteiger partial charge in [0.15, 0.2) is 16.7 Å². The third kappa shape index (κ3) is 3.25. The molecule has 28 heavy (non-hydrogen) atoms. The van der Waals surface area contributed by atoms with Crippen molar-refractivity contribution < 1.29 is 14.3 Å². The Morgan fingerprint density at radius 2 is 2.07 bits per heavy atom. The molecule has 7 heteroatoms. The highest BCUT2D eigenvalue weighted by molar-refractivity contribution is 7.99. The lowest BCUT2D eigenvalue weighted by Gasteiger charge is -2.08. The summed E-state index contributed by atoms with van der Waals surface area (Å²) in [5.74, 6) is 2.27. The van der Waals surface area contributed by atoms with Crippen LogP contribution >= 0.6 is 11.8 Å². The number of nitrogens with one attached hydrogen (secondary N) is 1. The fourth-order valence-electron chi connectivity index (χ4n) is 3.22. The van der Waals surface area contributed by atoms with Crippen LogP contribution in [0.4, 0.5) is 5.69 Å². The summed E-state index contributed by atoms with van der Waals surface area (Å²) in [5.41, 5.74) is 3.40. The van der Waals surface area contributed by atoms with Gasteiger partial charge >= 0.3 is 0 Å². The van der Waals surface area contributed by atoms with E-state index in [-0.39, 0.29) is 12.7 Å². The van der Waals surface area contributed by atoms with Gasteiger partial charge in [0.2, 0.25) is 12.7 Å². The smallest absolute Gasteiger partial charge is 0.248 e. The van der Waals surface area contributed by atoms with Crippen molar-refractivity contribution in [2.45, 2.75) is 11.7 Å². The van der Waals surface area contributed by atoms with Crippen molar-refractivity contribution in [1.29, 1.82) is 0 Å². The standard InChI is InChI=1S/C21H17N3O3S/c25-20(8-6-14-5-7-18-19(11-14)27-13-26-18)22-16-4-2-1-3-15(16)17-12-24-9-10-28-21(24)23-17/h1-8,11-12H,9-10,13H2,(H,22,25). The van der Waals surface area contributed by atoms with Crippen LogP contribution in [0.3, 0.4) is 0 Å². The molecule has 3 heterocycles. The number of rotatable bonds is 4. The molecule has 1 amide bonds. The minimum atomic E-state index is -0.203. The average molecular weight is 391 g/mol. The number of ether oxygens (including phenoxy) is 2. The topological polar surface area (TPSA) is 65.4 Å². The molecule has 2 aromatic carbocycles. The molecule has 0 saturated heterocycles. The molecule has 2 aliphatic rings. The maximum Gasteiger partial charge on any atom is 0.248 e. The van der Waals surface area contributed by atoms with Crippen LogP contribution < -0.4 is 14.8 Å². The molecule has 0 bridgehead atoms. The minimum Gasteiger partial charge on any atom is -0.454 e. The third-order valence-electron chi connectivity index (χ3n) is 4.59. The number of fused-ring (bicyclic) bond motifs is 2. The SMILES string of the molecule is O=C(C=Cc1ccc2c(c1)OCO2)Nc1ccccc1-c1cn2c(n1)SCC2. The quantitative estimate of drug-likeness (QED) is 0.680. The number of aromatic nitrogens is 2. The van der Waals surface area contributed by atoms with E-state index >= 15 is 0 Å². The molecule has 1 aromatic heterocycles. The number of hydrogen-bond donors (Lipinski definition) is 1. The van der Waals surface area contributed by atoms with Crippen LogP contribution in [0.5, 0.6) is 11.5 Å². The largest absolute Gasteiger partial charge is 0.454 e. The highest BCUT2D eigenvalue weighted by atomic mass is 32.2. The first-order chi connectivity index (χ1) is 13.8. The van der Waals surface area contributed by atoms with Crippen molar-refractivity contribution in [3.05, 3.63) is 60.3 Å². The van der Waals surface area contributed by atoms with Crippen LogP contribution in [0.15, 0.2) is 59.9 Å². The lowest BCUT2D eigenvalue weighted by Crippen LogP contribution is -2.08. The molecule has 5 rings (SSSR count). The van der Waals surface area contributed by atoms with Crippen LogP contribution in [0.25, 0.3) is 17.3 Å². The number of nitrogens with zero attached hydrogens (tertiary/aromatic N) is 2. The Kier molecular flexibility index (Phi) is 4.29. The Morgan fingerprint density at radius 1 is 1.18 bits per heavy atom. The van der Waals surface area contributed by atoms with E-state index < -0.39 is 0 Å². The first-order valence-electron chi connectivity index (χ1n) is 8.94. The van der Waals surface area contributed by atoms with E-state index in [0.717, 1.165) is 45.7 Å². The Morgan fingerprint density at radius 3 is 3.00 bits per heavy atom. The highest BCUT2D eigenvalue weighted by Crippen LogP contribution is 2.33. The fourth-order valence-corrected chi connectivity index (χ4v) is 4.16. The first-order valence-corrected chi connectivity index (χ1v) is 9.93. The van der Waals surface area contributed by atoms with Crippen molar-refractivity contribution in [2.75, 3.05) is 17.9 Å². The Balaban J connectivity index is 1.34. The molecule has 0 radical (unpaired) electrons. The van der Waals surface area contributed by atoms with Crippen molar-refractivity contribution >= 4 is 29.4 Å². The van der Waals surface area contributed by atoms with Crippen molar-refractivity contribution in [2.24, 2.45) is 0 Å². The lowest BCUT2D eigenvalue weighted by atomic mass is 10.1. The van der Waals surface area contributed by atoms with E-state index in [2.05, 4.69) is 14.9 Å². The number of aryl methyl sites for hydroxylation is 1. The number of imidazole rings is 1. The van der Waals surface area contributed by atoms with Gasteiger partial charge in [0.1, 0.15) is 0 Å². The first kappa shape index (κ1) is 16.9. The summed E-state index contributed by atoms with van der Waals surface area (Å²) < 4.78 is 12.8. The molecule has 0 saturated carbocycles. The maximum atomic E-state index is 12.5. The number of thioether (sulfide) groups is 1. The van der Waals surface area contributed by atoms with Gasteiger partial charge in [0, 0.05) is 30.1 Å². The molecule has 6 nitrogen and oxygen atoms in total. The Labute approximate surface area is 166 Å². The second-order valence-corrected chi connectivity index (χ2v) is 7.49. The van der Waals surface area contributed by atoms with Gasteiger partial charge in [0.05, 0.1) is 11.4 Å². The predicted octanol–water partition coefficient (Wildman–Crippen LogP) is 4.04. The molecule has 0 aliphatic carbocycles. The van der Waals surface area contributed by atoms with Crippen molar-refractivity contribution in [1.82, 2.24) is 9.55 Å². The van der Waals surface area contributed by atoms with Gasteiger partial charge in [-0.2, -0.15) is 0 Å². The van der Waals surface area contributed by atoms with Gasteiger partial charge in [0.25, 0.3) is 0 Å². The Bertz CT molecular complexity index is 1070. The number of amides is 1. The van der Waals surface area contributed by atoms with E-state index in [4.69, 9.17) is 9.47 Å². The van der Waals surface area contributed by atoms with Crippen LogP contribution in [0.2, 0.25) is 0 Å². The molecular weight excluding hydrogens is 374 g/mol. The zero-order chi connectivity index (χ0) is 18.9. The van der Waals surface area contributed by atoms with E-state index in [1.54, 1.807) is 17.8 Å².